The number of rotatable bonds is 6. The molecule has 0 radical (unpaired) electrons. The van der Waals surface area contributed by atoms with E-state index in [1.807, 2.05) is 23.2 Å². The second-order valence-corrected chi connectivity index (χ2v) is 11.4. The molecule has 0 saturated carbocycles. The molecular formula is C29H41F2N5O. The number of likely N-dealkylation sites (tertiary alicyclic amines) is 1. The predicted molar refractivity (Wildman–Crippen MR) is 144 cm³/mol. The van der Waals surface area contributed by atoms with Crippen LogP contribution in [0.4, 0.5) is 14.5 Å². The Morgan fingerprint density at radius 1 is 1.24 bits per heavy atom. The molecule has 0 aliphatic carbocycles. The fourth-order valence-electron chi connectivity index (χ4n) is 5.87. The van der Waals surface area contributed by atoms with Gasteiger partial charge in [-0.15, -0.1) is 0 Å². The van der Waals surface area contributed by atoms with Crippen molar-refractivity contribution in [1.29, 1.82) is 0 Å². The van der Waals surface area contributed by atoms with Crippen molar-refractivity contribution in [3.8, 4) is 0 Å². The Kier molecular flexibility index (Phi) is 8.31. The number of benzene rings is 1. The quantitative estimate of drug-likeness (QED) is 0.637. The molecule has 1 aromatic heterocycles. The van der Waals surface area contributed by atoms with E-state index in [0.717, 1.165) is 43.1 Å². The van der Waals surface area contributed by atoms with Gasteiger partial charge >= 0.3 is 0 Å². The van der Waals surface area contributed by atoms with E-state index in [4.69, 9.17) is 4.98 Å². The summed E-state index contributed by atoms with van der Waals surface area (Å²) in [4.78, 5) is 24.8. The average Bonchev–Trinajstić information content (AvgIpc) is 3.36. The molecule has 202 valence electrons. The molecule has 37 heavy (non-hydrogen) atoms. The lowest BCUT2D eigenvalue weighted by Gasteiger charge is -2.41. The maximum absolute atomic E-state index is 14.3. The number of piperazine rings is 1. The number of nitrogens with one attached hydrogen (secondary N) is 1. The van der Waals surface area contributed by atoms with E-state index >= 15 is 0 Å². The number of carbonyl (C=O) groups is 1. The van der Waals surface area contributed by atoms with Crippen LogP contribution in [-0.2, 0) is 16.6 Å². The molecular weight excluding hydrogens is 472 g/mol. The van der Waals surface area contributed by atoms with Crippen LogP contribution in [0.2, 0.25) is 0 Å². The highest BCUT2D eigenvalue weighted by molar-refractivity contribution is 5.97. The van der Waals surface area contributed by atoms with Crippen LogP contribution in [-0.4, -0.2) is 84.8 Å². The molecule has 2 aromatic rings. The van der Waals surface area contributed by atoms with Crippen LogP contribution in [0.5, 0.6) is 0 Å². The van der Waals surface area contributed by atoms with Gasteiger partial charge in [-0.2, -0.15) is 0 Å². The summed E-state index contributed by atoms with van der Waals surface area (Å²) >= 11 is 0. The second-order valence-electron chi connectivity index (χ2n) is 11.4. The summed E-state index contributed by atoms with van der Waals surface area (Å²) in [5.41, 5.74) is 2.98. The monoisotopic (exact) mass is 513 g/mol. The van der Waals surface area contributed by atoms with Gasteiger partial charge in [0.15, 0.2) is 0 Å². The first kappa shape index (κ1) is 27.6. The number of hydrogen-bond donors (Lipinski definition) is 1. The van der Waals surface area contributed by atoms with E-state index in [9.17, 15) is 13.6 Å². The summed E-state index contributed by atoms with van der Waals surface area (Å²) in [5, 5.41) is 3.53. The molecule has 1 N–H and O–H groups in total. The fraction of sp³-hybridized carbons (Fsp3) is 0.586. The summed E-state index contributed by atoms with van der Waals surface area (Å²) in [7, 11) is 0. The van der Waals surface area contributed by atoms with E-state index < -0.39 is 6.17 Å². The van der Waals surface area contributed by atoms with Crippen molar-refractivity contribution in [1.82, 2.24) is 20.1 Å². The van der Waals surface area contributed by atoms with Crippen molar-refractivity contribution in [2.24, 2.45) is 0 Å². The van der Waals surface area contributed by atoms with Crippen LogP contribution in [0.15, 0.2) is 36.5 Å². The predicted octanol–water partition coefficient (Wildman–Crippen LogP) is 3.78. The molecule has 3 atom stereocenters. The number of nitrogens with zero attached hydrogens (tertiary/aromatic N) is 4. The Morgan fingerprint density at radius 3 is 2.76 bits per heavy atom. The molecule has 1 aromatic carbocycles. The van der Waals surface area contributed by atoms with Crippen molar-refractivity contribution >= 4 is 11.6 Å². The summed E-state index contributed by atoms with van der Waals surface area (Å²) < 4.78 is 28.0. The smallest absolute Gasteiger partial charge is 0.241 e. The molecule has 0 unspecified atom stereocenters. The van der Waals surface area contributed by atoms with Crippen molar-refractivity contribution in [2.75, 3.05) is 50.7 Å². The number of aromatic nitrogens is 1. The summed E-state index contributed by atoms with van der Waals surface area (Å²) in [6, 6.07) is 9.23. The van der Waals surface area contributed by atoms with Gasteiger partial charge in [-0.3, -0.25) is 19.6 Å². The number of halogens is 2. The topological polar surface area (TPSA) is 51.7 Å². The van der Waals surface area contributed by atoms with Crippen LogP contribution in [0.1, 0.15) is 51.4 Å². The van der Waals surface area contributed by atoms with E-state index in [0.29, 0.717) is 38.0 Å². The van der Waals surface area contributed by atoms with Gasteiger partial charge in [0.05, 0.1) is 17.9 Å². The summed E-state index contributed by atoms with van der Waals surface area (Å²) in [5.74, 6) is -0.183. The average molecular weight is 514 g/mol. The van der Waals surface area contributed by atoms with E-state index in [-0.39, 0.29) is 36.6 Å². The third-order valence-corrected chi connectivity index (χ3v) is 7.81. The highest BCUT2D eigenvalue weighted by Crippen LogP contribution is 2.40. The van der Waals surface area contributed by atoms with Gasteiger partial charge in [0.1, 0.15) is 12.0 Å². The third-order valence-electron chi connectivity index (χ3n) is 7.81. The minimum atomic E-state index is -0.745. The molecule has 0 spiro atoms. The van der Waals surface area contributed by atoms with Crippen LogP contribution in [0, 0.1) is 5.82 Å². The van der Waals surface area contributed by atoms with E-state index in [1.54, 1.807) is 12.1 Å². The number of pyridine rings is 1. The molecule has 3 aliphatic rings. The molecule has 1 amide bonds. The minimum Gasteiger partial charge on any atom is -0.311 e. The van der Waals surface area contributed by atoms with Gasteiger partial charge in [0.25, 0.3) is 0 Å². The lowest BCUT2D eigenvalue weighted by atomic mass is 9.91. The molecule has 3 aliphatic heterocycles. The van der Waals surface area contributed by atoms with Gasteiger partial charge in [-0.1, -0.05) is 39.5 Å². The Bertz CT molecular complexity index is 1110. The maximum Gasteiger partial charge on any atom is 0.241 e. The highest BCUT2D eigenvalue weighted by Gasteiger charge is 2.41. The maximum atomic E-state index is 14.3. The largest absolute Gasteiger partial charge is 0.311 e. The van der Waals surface area contributed by atoms with Crippen molar-refractivity contribution in [3.05, 3.63) is 59.2 Å². The summed E-state index contributed by atoms with van der Waals surface area (Å²) in [6.07, 6.45) is 2.09. The zero-order valence-electron chi connectivity index (χ0n) is 21.5. The van der Waals surface area contributed by atoms with Crippen LogP contribution >= 0.6 is 0 Å². The van der Waals surface area contributed by atoms with Crippen LogP contribution < -0.4 is 10.2 Å². The highest BCUT2D eigenvalue weighted by atomic mass is 19.1. The normalized spacial score (nSPS) is 25.6. The first-order valence-electron chi connectivity index (χ1n) is 13.1. The van der Waals surface area contributed by atoms with Gasteiger partial charge in [-0.05, 0) is 36.6 Å². The Hall–Kier alpha value is -2.42. The number of carbonyl (C=O) groups excluding carboxylic acids is 1. The Balaban J connectivity index is 0.00000320. The lowest BCUT2D eigenvalue weighted by Crippen LogP contribution is -2.60. The minimum absolute atomic E-state index is 0. The zero-order chi connectivity index (χ0) is 25.4. The molecule has 8 heteroatoms. The zero-order valence-corrected chi connectivity index (χ0v) is 21.5. The lowest BCUT2D eigenvalue weighted by molar-refractivity contribution is -0.120. The van der Waals surface area contributed by atoms with Crippen molar-refractivity contribution in [2.45, 2.75) is 64.7 Å². The summed E-state index contributed by atoms with van der Waals surface area (Å²) in [6.45, 7) is 10.8. The fourth-order valence-corrected chi connectivity index (χ4v) is 5.87. The standard InChI is InChI=1S/C28H37F2N5O.CH4/c1-19-14-34(23(13-31-19)16-33-9-8-22(29)15-33)17-26(36)35-18-28(2,3)27-25(35)11-20(12-32-27)10-21-6-4-5-7-24(21)30;/h4-7,11-12,19,22-23,31H,8-10,13-18H2,1-3H3;1H4/t19-,22-,23-;/m1./s1. The number of anilines is 1. The molecule has 4 heterocycles. The van der Waals surface area contributed by atoms with Crippen molar-refractivity contribution in [3.63, 3.8) is 0 Å². The van der Waals surface area contributed by atoms with Crippen molar-refractivity contribution < 1.29 is 13.6 Å². The SMILES string of the molecule is C.C[C@@H]1CN(CC(=O)N2CC(C)(C)c3ncc(Cc4ccccc4F)cc32)[C@@H](CN2CC[C@@H](F)C2)CN1. The molecule has 2 saturated heterocycles. The first-order chi connectivity index (χ1) is 17.2. The number of alkyl halides is 1. The first-order valence-corrected chi connectivity index (χ1v) is 13.1. The second kappa shape index (κ2) is 11.1. The molecule has 0 bridgehead atoms. The molecule has 6 nitrogen and oxygen atoms in total. The Labute approximate surface area is 220 Å². The van der Waals surface area contributed by atoms with Gasteiger partial charge in [0.2, 0.25) is 5.91 Å². The van der Waals surface area contributed by atoms with Gasteiger partial charge < -0.3 is 10.2 Å². The van der Waals surface area contributed by atoms with Gasteiger partial charge in [-0.25, -0.2) is 8.78 Å². The number of amides is 1. The van der Waals surface area contributed by atoms with E-state index in [2.05, 4.69) is 35.9 Å². The Morgan fingerprint density at radius 2 is 2.03 bits per heavy atom. The molecule has 2 fully saturated rings. The third kappa shape index (κ3) is 6.02. The molecule has 5 rings (SSSR count). The van der Waals surface area contributed by atoms with Gasteiger partial charge in [0, 0.05) is 69.4 Å². The van der Waals surface area contributed by atoms with Crippen LogP contribution in [0.3, 0.4) is 0 Å². The van der Waals surface area contributed by atoms with Crippen LogP contribution in [0.25, 0.3) is 0 Å². The number of fused-ring (bicyclic) bond motifs is 1. The number of hydrogen-bond acceptors (Lipinski definition) is 5. The van der Waals surface area contributed by atoms with E-state index in [1.165, 1.54) is 6.07 Å².